The molecule has 39 heavy (non-hydrogen) atoms. The minimum Gasteiger partial charge on any atom is -0.320 e. The van der Waals surface area contributed by atoms with Crippen molar-refractivity contribution in [3.63, 3.8) is 0 Å². The molecule has 0 amide bonds. The van der Waals surface area contributed by atoms with Crippen LogP contribution >= 0.6 is 0 Å². The topological polar surface area (TPSA) is 76.7 Å². The first-order valence-electron chi connectivity index (χ1n) is 14.0. The van der Waals surface area contributed by atoms with Gasteiger partial charge in [-0.05, 0) is 83.7 Å². The fraction of sp³-hybridized carbons (Fsp3) is 0.303. The van der Waals surface area contributed by atoms with E-state index in [-0.39, 0.29) is 6.04 Å². The Kier molecular flexibility index (Phi) is 6.77. The molecule has 2 aromatic heterocycles. The van der Waals surface area contributed by atoms with Gasteiger partial charge >= 0.3 is 5.76 Å². The Morgan fingerprint density at radius 1 is 1.00 bits per heavy atom. The number of nitrogens with zero attached hydrogens (tertiary/aromatic N) is 3. The second-order valence-corrected chi connectivity index (χ2v) is 10.5. The Balaban J connectivity index is 1.51. The van der Waals surface area contributed by atoms with E-state index in [0.29, 0.717) is 5.82 Å². The average molecular weight is 519 g/mol. The van der Waals surface area contributed by atoms with Crippen LogP contribution in [0.2, 0.25) is 0 Å². The standard InChI is InChI=1S/C33H34N4O2/c1-4-9-28(37-29-14-8-11-21(3)32(29)35-31(37)10-5-2)24-17-18-26-23(19-24)16-15-22-12-6-7-13-25(22)27(26)20-30-34-33(38)39-36-30/h6-8,11-14,17-20,28H,4-5,9-10,15-16H2,1-3H3,(H,34,36,38)/b27-20+. The quantitative estimate of drug-likeness (QED) is 0.250. The molecule has 3 aromatic carbocycles. The molecule has 0 radical (unpaired) electrons. The molecule has 1 N–H and O–H groups in total. The summed E-state index contributed by atoms with van der Waals surface area (Å²) in [5.41, 5.74) is 10.8. The van der Waals surface area contributed by atoms with Crippen LogP contribution in [0.1, 0.15) is 84.2 Å². The maximum Gasteiger partial charge on any atom is 0.439 e. The fourth-order valence-corrected chi connectivity index (χ4v) is 6.07. The third-order valence-corrected chi connectivity index (χ3v) is 7.86. The third-order valence-electron chi connectivity index (χ3n) is 7.86. The Morgan fingerprint density at radius 3 is 2.62 bits per heavy atom. The maximum atomic E-state index is 11.7. The molecule has 198 valence electrons. The number of aromatic amines is 1. The number of hydrogen-bond donors (Lipinski definition) is 1. The predicted octanol–water partition coefficient (Wildman–Crippen LogP) is 7.05. The van der Waals surface area contributed by atoms with Crippen LogP contribution < -0.4 is 5.76 Å². The van der Waals surface area contributed by atoms with E-state index >= 15 is 0 Å². The van der Waals surface area contributed by atoms with E-state index in [1.165, 1.54) is 38.9 Å². The molecule has 1 aliphatic carbocycles. The molecule has 0 fully saturated rings. The molecule has 2 heterocycles. The van der Waals surface area contributed by atoms with E-state index in [1.54, 1.807) is 0 Å². The van der Waals surface area contributed by atoms with Crippen LogP contribution in [0.3, 0.4) is 0 Å². The lowest BCUT2D eigenvalue weighted by Gasteiger charge is -2.24. The molecule has 0 bridgehead atoms. The van der Waals surface area contributed by atoms with Crippen molar-refractivity contribution in [2.24, 2.45) is 0 Å². The fourth-order valence-electron chi connectivity index (χ4n) is 6.07. The van der Waals surface area contributed by atoms with Gasteiger partial charge < -0.3 is 4.57 Å². The highest BCUT2D eigenvalue weighted by Crippen LogP contribution is 2.38. The molecule has 0 saturated carbocycles. The van der Waals surface area contributed by atoms with Gasteiger partial charge in [-0.15, -0.1) is 0 Å². The summed E-state index contributed by atoms with van der Waals surface area (Å²) in [6.45, 7) is 6.64. The number of hydrogen-bond acceptors (Lipinski definition) is 4. The lowest BCUT2D eigenvalue weighted by atomic mass is 9.90. The zero-order valence-electron chi connectivity index (χ0n) is 22.8. The van der Waals surface area contributed by atoms with Gasteiger partial charge in [0.15, 0.2) is 5.82 Å². The van der Waals surface area contributed by atoms with Crippen molar-refractivity contribution in [1.82, 2.24) is 19.7 Å². The van der Waals surface area contributed by atoms with E-state index in [9.17, 15) is 4.79 Å². The van der Waals surface area contributed by atoms with Crippen molar-refractivity contribution in [2.75, 3.05) is 0 Å². The highest BCUT2D eigenvalue weighted by molar-refractivity contribution is 5.93. The summed E-state index contributed by atoms with van der Waals surface area (Å²) in [4.78, 5) is 19.5. The number of rotatable bonds is 7. The van der Waals surface area contributed by atoms with Crippen molar-refractivity contribution in [3.8, 4) is 0 Å². The van der Waals surface area contributed by atoms with Crippen LogP contribution in [0.25, 0.3) is 22.7 Å². The minimum absolute atomic E-state index is 0.207. The molecule has 0 saturated heterocycles. The van der Waals surface area contributed by atoms with E-state index in [0.717, 1.165) is 55.4 Å². The lowest BCUT2D eigenvalue weighted by Crippen LogP contribution is -2.14. The van der Waals surface area contributed by atoms with Crippen molar-refractivity contribution in [3.05, 3.63) is 116 Å². The van der Waals surface area contributed by atoms with Crippen molar-refractivity contribution in [1.29, 1.82) is 0 Å². The predicted molar refractivity (Wildman–Crippen MR) is 156 cm³/mol. The van der Waals surface area contributed by atoms with Crippen molar-refractivity contribution < 1.29 is 4.52 Å². The molecule has 6 rings (SSSR count). The normalized spacial score (nSPS) is 14.8. The van der Waals surface area contributed by atoms with E-state index in [2.05, 4.69) is 96.1 Å². The molecular weight excluding hydrogens is 484 g/mol. The summed E-state index contributed by atoms with van der Waals surface area (Å²) < 4.78 is 7.29. The van der Waals surface area contributed by atoms with Crippen LogP contribution in [-0.2, 0) is 19.3 Å². The van der Waals surface area contributed by atoms with Gasteiger partial charge in [-0.2, -0.15) is 0 Å². The Hall–Kier alpha value is -4.19. The first kappa shape index (κ1) is 25.1. The van der Waals surface area contributed by atoms with Crippen molar-refractivity contribution >= 4 is 22.7 Å². The summed E-state index contributed by atoms with van der Waals surface area (Å²) in [5, 5.41) is 3.92. The molecular formula is C33H34N4O2. The summed E-state index contributed by atoms with van der Waals surface area (Å²) in [6, 6.07) is 22.2. The summed E-state index contributed by atoms with van der Waals surface area (Å²) in [7, 11) is 0. The summed E-state index contributed by atoms with van der Waals surface area (Å²) in [6.07, 6.45) is 7.96. The Morgan fingerprint density at radius 2 is 1.82 bits per heavy atom. The number of imidazole rings is 1. The summed E-state index contributed by atoms with van der Waals surface area (Å²) >= 11 is 0. The Labute approximate surface area is 228 Å². The molecule has 6 nitrogen and oxygen atoms in total. The highest BCUT2D eigenvalue weighted by Gasteiger charge is 2.24. The number of H-pyrrole nitrogens is 1. The lowest BCUT2D eigenvalue weighted by molar-refractivity contribution is 0.385. The first-order valence-corrected chi connectivity index (χ1v) is 14.0. The minimum atomic E-state index is -0.549. The monoisotopic (exact) mass is 518 g/mol. The average Bonchev–Trinajstić information content (AvgIpc) is 3.48. The van der Waals surface area contributed by atoms with Crippen LogP contribution in [0.15, 0.2) is 70.0 Å². The van der Waals surface area contributed by atoms with Gasteiger partial charge in [0.1, 0.15) is 5.82 Å². The van der Waals surface area contributed by atoms with Gasteiger partial charge in [0.2, 0.25) is 0 Å². The maximum absolute atomic E-state index is 11.7. The van der Waals surface area contributed by atoms with E-state index < -0.39 is 5.76 Å². The van der Waals surface area contributed by atoms with Gasteiger partial charge in [0.25, 0.3) is 0 Å². The van der Waals surface area contributed by atoms with E-state index in [1.807, 2.05) is 6.08 Å². The van der Waals surface area contributed by atoms with Gasteiger partial charge in [0, 0.05) is 6.42 Å². The number of para-hydroxylation sites is 1. The molecule has 1 unspecified atom stereocenters. The molecule has 1 atom stereocenters. The van der Waals surface area contributed by atoms with Crippen LogP contribution in [-0.4, -0.2) is 19.7 Å². The zero-order chi connectivity index (χ0) is 26.9. The smallest absolute Gasteiger partial charge is 0.320 e. The highest BCUT2D eigenvalue weighted by atomic mass is 16.5. The number of nitrogens with one attached hydrogen (secondary N) is 1. The largest absolute Gasteiger partial charge is 0.439 e. The number of aryl methyl sites for hydroxylation is 4. The van der Waals surface area contributed by atoms with Crippen molar-refractivity contribution in [2.45, 2.75) is 65.3 Å². The van der Waals surface area contributed by atoms with Gasteiger partial charge in [-0.25, -0.2) is 9.78 Å². The molecule has 1 aliphatic rings. The van der Waals surface area contributed by atoms with Gasteiger partial charge in [-0.3, -0.25) is 9.51 Å². The SMILES string of the molecule is CCCc1nc2c(C)cccc2n1C(CCC)c1ccc2c(c1)CCc1ccccc1/C2=C\c1noc(=O)[nH]1. The van der Waals surface area contributed by atoms with Crippen LogP contribution in [0.4, 0.5) is 0 Å². The molecule has 6 heteroatoms. The molecule has 0 aliphatic heterocycles. The van der Waals surface area contributed by atoms with Crippen LogP contribution in [0, 0.1) is 6.92 Å². The second kappa shape index (κ2) is 10.5. The Bertz CT molecular complexity index is 1740. The molecule has 0 spiro atoms. The molecule has 5 aromatic rings. The second-order valence-electron chi connectivity index (χ2n) is 10.5. The summed E-state index contributed by atoms with van der Waals surface area (Å²) in [5.74, 6) is 1.04. The third kappa shape index (κ3) is 4.65. The van der Waals surface area contributed by atoms with Gasteiger partial charge in [0.05, 0.1) is 17.1 Å². The number of fused-ring (bicyclic) bond motifs is 3. The first-order chi connectivity index (χ1) is 19.1. The zero-order valence-corrected chi connectivity index (χ0v) is 22.8. The van der Waals surface area contributed by atoms with E-state index in [4.69, 9.17) is 9.51 Å². The van der Waals surface area contributed by atoms with Gasteiger partial charge in [-0.1, -0.05) is 80.0 Å². The number of benzene rings is 3. The van der Waals surface area contributed by atoms with Crippen LogP contribution in [0.5, 0.6) is 0 Å². The number of aromatic nitrogens is 4.